The van der Waals surface area contributed by atoms with Crippen molar-refractivity contribution in [1.29, 1.82) is 0 Å². The molecule has 0 radical (unpaired) electrons. The molecule has 0 spiro atoms. The molecule has 0 aliphatic heterocycles. The van der Waals surface area contributed by atoms with E-state index in [2.05, 4.69) is 9.40 Å². The van der Waals surface area contributed by atoms with Crippen molar-refractivity contribution in [2.45, 2.75) is 6.18 Å². The lowest BCUT2D eigenvalue weighted by Crippen LogP contribution is -2.16. The van der Waals surface area contributed by atoms with Gasteiger partial charge in [-0.05, 0) is 12.1 Å². The molecule has 17 heavy (non-hydrogen) atoms. The lowest BCUT2D eigenvalue weighted by molar-refractivity contribution is -0.140. The Morgan fingerprint density at radius 1 is 1.35 bits per heavy atom. The highest BCUT2D eigenvalue weighted by Gasteiger charge is 2.35. The highest BCUT2D eigenvalue weighted by Crippen LogP contribution is 2.33. The van der Waals surface area contributed by atoms with Crippen molar-refractivity contribution in [3.05, 3.63) is 34.4 Å². The van der Waals surface area contributed by atoms with E-state index in [4.69, 9.17) is 4.74 Å². The third-order valence-electron chi connectivity index (χ3n) is 2.11. The normalized spacial score (nSPS) is 11.8. The van der Waals surface area contributed by atoms with Gasteiger partial charge in [-0.3, -0.25) is 0 Å². The zero-order chi connectivity index (χ0) is 12.6. The Balaban J connectivity index is 2.82. The first-order valence-corrected chi connectivity index (χ1v) is 4.48. The summed E-state index contributed by atoms with van der Waals surface area (Å²) in [6.07, 6.45) is -4.71. The van der Waals surface area contributed by atoms with Crippen LogP contribution in [0.15, 0.2) is 27.4 Å². The van der Waals surface area contributed by atoms with Gasteiger partial charge in [-0.2, -0.15) is 18.2 Å². The standard InChI is InChI=1S/C10H6F3NO3/c1-16-5-2-3-6-7(4-5)17-9(15)14-8(6)10(11,12)13/h2-4H,1H3. The summed E-state index contributed by atoms with van der Waals surface area (Å²) >= 11 is 0. The molecule has 0 saturated heterocycles. The third kappa shape index (κ3) is 2.08. The number of hydrogen-bond donors (Lipinski definition) is 0. The van der Waals surface area contributed by atoms with Crippen molar-refractivity contribution in [2.75, 3.05) is 7.11 Å². The average Bonchev–Trinajstić information content (AvgIpc) is 2.25. The molecule has 2 aromatic rings. The summed E-state index contributed by atoms with van der Waals surface area (Å²) < 4.78 is 47.2. The van der Waals surface area contributed by atoms with Gasteiger partial charge in [0.1, 0.15) is 11.3 Å². The molecule has 1 heterocycles. The van der Waals surface area contributed by atoms with Gasteiger partial charge in [0.05, 0.1) is 7.11 Å². The fourth-order valence-corrected chi connectivity index (χ4v) is 1.39. The highest BCUT2D eigenvalue weighted by molar-refractivity contribution is 5.80. The van der Waals surface area contributed by atoms with Crippen molar-refractivity contribution in [2.24, 2.45) is 0 Å². The van der Waals surface area contributed by atoms with Crippen LogP contribution in [0.3, 0.4) is 0 Å². The molecule has 0 atom stereocenters. The molecule has 0 bridgehead atoms. The second kappa shape index (κ2) is 3.76. The Kier molecular flexibility index (Phi) is 2.53. The Morgan fingerprint density at radius 2 is 2.06 bits per heavy atom. The van der Waals surface area contributed by atoms with E-state index < -0.39 is 17.6 Å². The lowest BCUT2D eigenvalue weighted by Gasteiger charge is -2.08. The minimum Gasteiger partial charge on any atom is -0.497 e. The first-order valence-electron chi connectivity index (χ1n) is 4.48. The number of ether oxygens (including phenoxy) is 1. The van der Waals surface area contributed by atoms with Crippen LogP contribution in [0.25, 0.3) is 11.0 Å². The van der Waals surface area contributed by atoms with Crippen LogP contribution in [0.5, 0.6) is 5.75 Å². The van der Waals surface area contributed by atoms with Gasteiger partial charge in [-0.25, -0.2) is 4.79 Å². The third-order valence-corrected chi connectivity index (χ3v) is 2.11. The highest BCUT2D eigenvalue weighted by atomic mass is 19.4. The van der Waals surface area contributed by atoms with Crippen molar-refractivity contribution in [3.63, 3.8) is 0 Å². The number of hydrogen-bond acceptors (Lipinski definition) is 4. The zero-order valence-corrected chi connectivity index (χ0v) is 8.54. The number of fused-ring (bicyclic) bond motifs is 1. The van der Waals surface area contributed by atoms with E-state index >= 15 is 0 Å². The molecule has 4 nitrogen and oxygen atoms in total. The van der Waals surface area contributed by atoms with Gasteiger partial charge in [0.15, 0.2) is 5.69 Å². The Labute approximate surface area is 92.6 Å². The van der Waals surface area contributed by atoms with Crippen molar-refractivity contribution >= 4 is 11.0 Å². The quantitative estimate of drug-likeness (QED) is 0.772. The SMILES string of the molecule is COc1ccc2c(C(F)(F)F)nc(=O)oc2c1. The van der Waals surface area contributed by atoms with Gasteiger partial charge in [-0.15, -0.1) is 0 Å². The summed E-state index contributed by atoms with van der Waals surface area (Å²) in [7, 11) is 1.35. The maximum absolute atomic E-state index is 12.6. The maximum Gasteiger partial charge on any atom is 0.439 e. The maximum atomic E-state index is 12.6. The molecule has 0 fully saturated rings. The molecule has 2 rings (SSSR count). The molecule has 1 aromatic carbocycles. The molecule has 1 aromatic heterocycles. The molecular weight excluding hydrogens is 239 g/mol. The molecule has 0 saturated carbocycles. The molecule has 0 unspecified atom stereocenters. The van der Waals surface area contributed by atoms with E-state index in [1.54, 1.807) is 0 Å². The van der Waals surface area contributed by atoms with Crippen LogP contribution in [-0.4, -0.2) is 12.1 Å². The summed E-state index contributed by atoms with van der Waals surface area (Å²) in [6.45, 7) is 0. The number of nitrogens with zero attached hydrogens (tertiary/aromatic N) is 1. The minimum absolute atomic E-state index is 0.211. The average molecular weight is 245 g/mol. The summed E-state index contributed by atoms with van der Waals surface area (Å²) in [6, 6.07) is 3.68. The van der Waals surface area contributed by atoms with Gasteiger partial charge in [-0.1, -0.05) is 0 Å². The topological polar surface area (TPSA) is 52.3 Å². The van der Waals surface area contributed by atoms with Crippen LogP contribution < -0.4 is 10.5 Å². The van der Waals surface area contributed by atoms with Crippen LogP contribution in [0.2, 0.25) is 0 Å². The first-order chi connectivity index (χ1) is 7.91. The van der Waals surface area contributed by atoms with E-state index in [0.29, 0.717) is 5.75 Å². The van der Waals surface area contributed by atoms with Crippen molar-refractivity contribution in [3.8, 4) is 5.75 Å². The number of benzene rings is 1. The van der Waals surface area contributed by atoms with Crippen LogP contribution in [0.4, 0.5) is 13.2 Å². The van der Waals surface area contributed by atoms with E-state index in [1.807, 2.05) is 0 Å². The number of rotatable bonds is 1. The summed E-state index contributed by atoms with van der Waals surface area (Å²) in [5, 5.41) is -0.280. The largest absolute Gasteiger partial charge is 0.497 e. The fourth-order valence-electron chi connectivity index (χ4n) is 1.39. The van der Waals surface area contributed by atoms with Gasteiger partial charge >= 0.3 is 11.9 Å². The van der Waals surface area contributed by atoms with E-state index in [9.17, 15) is 18.0 Å². The van der Waals surface area contributed by atoms with Crippen LogP contribution in [0.1, 0.15) is 5.69 Å². The lowest BCUT2D eigenvalue weighted by atomic mass is 10.2. The second-order valence-corrected chi connectivity index (χ2v) is 3.19. The Bertz CT molecular complexity index is 618. The number of aromatic nitrogens is 1. The van der Waals surface area contributed by atoms with Gasteiger partial charge in [0.25, 0.3) is 0 Å². The van der Waals surface area contributed by atoms with Crippen molar-refractivity contribution < 1.29 is 22.3 Å². The first kappa shape index (κ1) is 11.4. The summed E-state index contributed by atoms with van der Waals surface area (Å²) in [4.78, 5) is 13.8. The zero-order valence-electron chi connectivity index (χ0n) is 8.54. The van der Waals surface area contributed by atoms with Crippen molar-refractivity contribution in [1.82, 2.24) is 4.98 Å². The molecule has 0 amide bonds. The smallest absolute Gasteiger partial charge is 0.439 e. The fraction of sp³-hybridized carbons (Fsp3) is 0.200. The van der Waals surface area contributed by atoms with Gasteiger partial charge < -0.3 is 9.15 Å². The van der Waals surface area contributed by atoms with Crippen LogP contribution in [-0.2, 0) is 6.18 Å². The number of methoxy groups -OCH3 is 1. The van der Waals surface area contributed by atoms with E-state index in [-0.39, 0.29) is 11.0 Å². The van der Waals surface area contributed by atoms with E-state index in [0.717, 1.165) is 6.07 Å². The monoisotopic (exact) mass is 245 g/mol. The predicted molar refractivity (Wildman–Crippen MR) is 51.8 cm³/mol. The summed E-state index contributed by atoms with van der Waals surface area (Å²) in [5.74, 6) is -1.00. The predicted octanol–water partition coefficient (Wildman–Crippen LogP) is 2.22. The Hall–Kier alpha value is -2.05. The van der Waals surface area contributed by atoms with E-state index in [1.165, 1.54) is 19.2 Å². The molecule has 0 aliphatic carbocycles. The summed E-state index contributed by atoms with van der Waals surface area (Å²) in [5.41, 5.74) is -1.47. The number of halogens is 3. The molecule has 7 heteroatoms. The van der Waals surface area contributed by atoms with Gasteiger partial charge in [0.2, 0.25) is 0 Å². The molecular formula is C10H6F3NO3. The second-order valence-electron chi connectivity index (χ2n) is 3.19. The molecule has 0 N–H and O–H groups in total. The Morgan fingerprint density at radius 3 is 2.65 bits per heavy atom. The van der Waals surface area contributed by atoms with Gasteiger partial charge in [0, 0.05) is 11.5 Å². The minimum atomic E-state index is -4.71. The number of alkyl halides is 3. The van der Waals surface area contributed by atoms with Crippen LogP contribution in [0, 0.1) is 0 Å². The van der Waals surface area contributed by atoms with Crippen LogP contribution >= 0.6 is 0 Å². The molecule has 90 valence electrons. The molecule has 0 aliphatic rings.